The van der Waals surface area contributed by atoms with Crippen molar-refractivity contribution in [1.82, 2.24) is 4.90 Å². The van der Waals surface area contributed by atoms with Crippen LogP contribution in [0.15, 0.2) is 103 Å². The number of amides is 2. The molecule has 0 spiro atoms. The molecule has 1 saturated heterocycles. The Hall–Kier alpha value is -4.58. The predicted molar refractivity (Wildman–Crippen MR) is 200 cm³/mol. The Labute approximate surface area is 300 Å². The number of nitrogens with zero attached hydrogens (tertiary/aromatic N) is 1. The molecule has 270 valence electrons. The predicted octanol–water partition coefficient (Wildman–Crippen LogP) is 6.89. The molecule has 10 heteroatoms. The Morgan fingerprint density at radius 3 is 2.24 bits per heavy atom. The molecule has 0 aliphatic carbocycles. The minimum Gasteiger partial charge on any atom is -0.397 e. The number of para-hydroxylation sites is 2. The number of aliphatic hydroxyl groups excluding tert-OH is 2. The van der Waals surface area contributed by atoms with Gasteiger partial charge >= 0.3 is 0 Å². The second kappa shape index (κ2) is 18.6. The summed E-state index contributed by atoms with van der Waals surface area (Å²) >= 11 is 0. The van der Waals surface area contributed by atoms with Gasteiger partial charge in [-0.3, -0.25) is 14.5 Å². The third-order valence-corrected chi connectivity index (χ3v) is 9.38. The lowest BCUT2D eigenvalue weighted by Gasteiger charge is -2.39. The van der Waals surface area contributed by atoms with Gasteiger partial charge in [0.1, 0.15) is 0 Å². The summed E-state index contributed by atoms with van der Waals surface area (Å²) in [5, 5.41) is 26.5. The van der Waals surface area contributed by atoms with Gasteiger partial charge in [-0.25, -0.2) is 0 Å². The summed E-state index contributed by atoms with van der Waals surface area (Å²) in [6.07, 6.45) is 1.53. The van der Waals surface area contributed by atoms with E-state index < -0.39 is 12.4 Å². The Kier molecular flexibility index (Phi) is 13.7. The van der Waals surface area contributed by atoms with Crippen molar-refractivity contribution in [1.29, 1.82) is 0 Å². The summed E-state index contributed by atoms with van der Waals surface area (Å²) < 4.78 is 13.1. The third kappa shape index (κ3) is 11.0. The van der Waals surface area contributed by atoms with Crippen molar-refractivity contribution in [2.24, 2.45) is 0 Å². The van der Waals surface area contributed by atoms with E-state index >= 15 is 0 Å². The molecule has 5 atom stereocenters. The number of hydrogen-bond acceptors (Lipinski definition) is 8. The fourth-order valence-corrected chi connectivity index (χ4v) is 6.25. The summed E-state index contributed by atoms with van der Waals surface area (Å²) in [5.41, 5.74) is 11.1. The number of nitrogen functional groups attached to an aromatic ring is 1. The quantitative estimate of drug-likeness (QED) is 0.0630. The van der Waals surface area contributed by atoms with Crippen LogP contribution in [-0.2, 0) is 25.7 Å². The number of rotatable bonds is 16. The highest BCUT2D eigenvalue weighted by Crippen LogP contribution is 2.39. The molecule has 51 heavy (non-hydrogen) atoms. The van der Waals surface area contributed by atoms with Crippen LogP contribution in [0.5, 0.6) is 0 Å². The number of carbonyl (C=O) groups is 2. The summed E-state index contributed by atoms with van der Waals surface area (Å²) in [7, 11) is 1.99. The first-order valence-electron chi connectivity index (χ1n) is 17.7. The maximum atomic E-state index is 12.8. The van der Waals surface area contributed by atoms with E-state index in [9.17, 15) is 19.8 Å². The van der Waals surface area contributed by atoms with Crippen LogP contribution >= 0.6 is 0 Å². The molecule has 0 saturated carbocycles. The van der Waals surface area contributed by atoms with E-state index in [1.807, 2.05) is 105 Å². The molecule has 1 fully saturated rings. The molecule has 4 aromatic rings. The largest absolute Gasteiger partial charge is 0.397 e. The standard InChI is InChI=1S/C41H50N4O6/c1-28(40(49)31-12-5-3-6-13-31)45(2)26-34-25-37(30-22-20-29(27-46)21-23-30)51-41(50-34)32-14-11-15-33(24-32)43-38(47)18-7-4-8-19-39(48)44-36-17-10-9-16-35(36)42/h3,5-6,9-17,20-24,28,34,37,40-41,46,49H,4,7-8,18-19,25-27,42H2,1-2H3,(H,43,47)(H,44,48)/t28-,34-,37+,40-,41+/m0/s1. The number of nitrogens with two attached hydrogens (primary N) is 1. The average molecular weight is 695 g/mol. The van der Waals surface area contributed by atoms with Crippen LogP contribution in [0.3, 0.4) is 0 Å². The number of aliphatic hydroxyl groups is 2. The summed E-state index contributed by atoms with van der Waals surface area (Å²) in [5.74, 6) is -0.203. The van der Waals surface area contributed by atoms with Gasteiger partial charge in [0.25, 0.3) is 0 Å². The number of hydrogen-bond donors (Lipinski definition) is 5. The molecule has 1 aliphatic heterocycles. The number of likely N-dealkylation sites (N-methyl/N-ethyl adjacent to an activating group) is 1. The first kappa shape index (κ1) is 37.7. The van der Waals surface area contributed by atoms with Crippen LogP contribution in [0, 0.1) is 0 Å². The van der Waals surface area contributed by atoms with Crippen molar-refractivity contribution in [3.05, 3.63) is 125 Å². The SMILES string of the molecule is C[C@@H]([C@H](O)c1ccccc1)N(C)C[C@@H]1C[C@H](c2ccc(CO)cc2)O[C@H](c2cccc(NC(=O)CCCCCC(=O)Nc3ccccc3N)c2)O1. The first-order valence-corrected chi connectivity index (χ1v) is 17.7. The van der Waals surface area contributed by atoms with Crippen molar-refractivity contribution in [3.63, 3.8) is 0 Å². The maximum absolute atomic E-state index is 12.8. The van der Waals surface area contributed by atoms with Gasteiger partial charge in [0.2, 0.25) is 11.8 Å². The molecule has 0 radical (unpaired) electrons. The van der Waals surface area contributed by atoms with Crippen molar-refractivity contribution in [2.75, 3.05) is 30.0 Å². The molecule has 1 aliphatic rings. The van der Waals surface area contributed by atoms with Crippen molar-refractivity contribution >= 4 is 28.9 Å². The van der Waals surface area contributed by atoms with E-state index in [0.29, 0.717) is 55.7 Å². The molecule has 6 N–H and O–H groups in total. The number of anilines is 3. The van der Waals surface area contributed by atoms with Crippen LogP contribution in [0.1, 0.15) is 86.2 Å². The van der Waals surface area contributed by atoms with Crippen LogP contribution in [-0.4, -0.2) is 52.7 Å². The van der Waals surface area contributed by atoms with Crippen LogP contribution in [0.2, 0.25) is 0 Å². The molecular weight excluding hydrogens is 644 g/mol. The molecule has 10 nitrogen and oxygen atoms in total. The zero-order valence-corrected chi connectivity index (χ0v) is 29.4. The molecule has 4 aromatic carbocycles. The first-order chi connectivity index (χ1) is 24.7. The van der Waals surface area contributed by atoms with Crippen molar-refractivity contribution in [3.8, 4) is 0 Å². The second-order valence-corrected chi connectivity index (χ2v) is 13.3. The normalized spacial score (nSPS) is 18.6. The lowest BCUT2D eigenvalue weighted by atomic mass is 9.98. The monoisotopic (exact) mass is 694 g/mol. The summed E-state index contributed by atoms with van der Waals surface area (Å²) in [6.45, 7) is 2.53. The molecule has 1 heterocycles. The summed E-state index contributed by atoms with van der Waals surface area (Å²) in [4.78, 5) is 27.2. The van der Waals surface area contributed by atoms with Crippen LogP contribution in [0.4, 0.5) is 17.1 Å². The van der Waals surface area contributed by atoms with E-state index in [1.165, 1.54) is 0 Å². The number of benzene rings is 4. The molecule has 0 unspecified atom stereocenters. The van der Waals surface area contributed by atoms with Crippen LogP contribution < -0.4 is 16.4 Å². The molecule has 0 aromatic heterocycles. The van der Waals surface area contributed by atoms with Crippen molar-refractivity contribution in [2.45, 2.75) is 82.7 Å². The van der Waals surface area contributed by atoms with Gasteiger partial charge in [-0.2, -0.15) is 0 Å². The highest BCUT2D eigenvalue weighted by Gasteiger charge is 2.34. The Morgan fingerprint density at radius 2 is 1.53 bits per heavy atom. The van der Waals surface area contributed by atoms with E-state index in [-0.39, 0.29) is 36.7 Å². The number of ether oxygens (including phenoxy) is 2. The minimum atomic E-state index is -0.691. The van der Waals surface area contributed by atoms with Gasteiger partial charge in [0.15, 0.2) is 6.29 Å². The molecule has 5 rings (SSSR count). The van der Waals surface area contributed by atoms with Gasteiger partial charge in [0.05, 0.1) is 36.3 Å². The van der Waals surface area contributed by atoms with E-state index in [1.54, 1.807) is 12.1 Å². The fourth-order valence-electron chi connectivity index (χ4n) is 6.25. The lowest BCUT2D eigenvalue weighted by Crippen LogP contribution is -2.43. The molecule has 2 amide bonds. The minimum absolute atomic E-state index is 0.0348. The third-order valence-electron chi connectivity index (χ3n) is 9.38. The smallest absolute Gasteiger partial charge is 0.224 e. The number of nitrogens with one attached hydrogen (secondary N) is 2. The Bertz CT molecular complexity index is 1700. The Morgan fingerprint density at radius 1 is 0.843 bits per heavy atom. The second-order valence-electron chi connectivity index (χ2n) is 13.3. The topological polar surface area (TPSA) is 146 Å². The van der Waals surface area contributed by atoms with E-state index in [4.69, 9.17) is 15.2 Å². The summed E-state index contributed by atoms with van der Waals surface area (Å²) in [6, 6.07) is 31.9. The zero-order valence-electron chi connectivity index (χ0n) is 29.4. The number of unbranched alkanes of at least 4 members (excludes halogenated alkanes) is 2. The van der Waals surface area contributed by atoms with Crippen LogP contribution in [0.25, 0.3) is 0 Å². The average Bonchev–Trinajstić information content (AvgIpc) is 3.15. The van der Waals surface area contributed by atoms with Gasteiger partial charge < -0.3 is 36.1 Å². The highest BCUT2D eigenvalue weighted by atomic mass is 16.7. The maximum Gasteiger partial charge on any atom is 0.224 e. The molecule has 0 bridgehead atoms. The number of carbonyl (C=O) groups excluding carboxylic acids is 2. The van der Waals surface area contributed by atoms with Gasteiger partial charge in [-0.05, 0) is 67.8 Å². The van der Waals surface area contributed by atoms with E-state index in [2.05, 4.69) is 15.5 Å². The highest BCUT2D eigenvalue weighted by molar-refractivity contribution is 5.93. The van der Waals surface area contributed by atoms with Gasteiger partial charge in [0, 0.05) is 43.1 Å². The van der Waals surface area contributed by atoms with Gasteiger partial charge in [-0.1, -0.05) is 85.3 Å². The molecular formula is C41H50N4O6. The van der Waals surface area contributed by atoms with Crippen molar-refractivity contribution < 1.29 is 29.3 Å². The Balaban J connectivity index is 1.17. The lowest BCUT2D eigenvalue weighted by molar-refractivity contribution is -0.253. The van der Waals surface area contributed by atoms with E-state index in [0.717, 1.165) is 28.7 Å². The fraction of sp³-hybridized carbons (Fsp3) is 0.366. The zero-order chi connectivity index (χ0) is 36.2. The van der Waals surface area contributed by atoms with Gasteiger partial charge in [-0.15, -0.1) is 0 Å².